The molecule has 0 bridgehead atoms. The van der Waals surface area contributed by atoms with Gasteiger partial charge in [0.15, 0.2) is 0 Å². The van der Waals surface area contributed by atoms with Crippen molar-refractivity contribution in [2.75, 3.05) is 19.8 Å². The number of ketones is 1. The summed E-state index contributed by atoms with van der Waals surface area (Å²) in [6.45, 7) is 6.93. The molecule has 1 aliphatic rings. The Kier molecular flexibility index (Phi) is 8.71. The first-order valence-electron chi connectivity index (χ1n) is 12.9. The van der Waals surface area contributed by atoms with Crippen LogP contribution in [0.25, 0.3) is 23.3 Å². The van der Waals surface area contributed by atoms with Crippen molar-refractivity contribution in [2.24, 2.45) is 0 Å². The van der Waals surface area contributed by atoms with Crippen LogP contribution in [0.5, 0.6) is 5.75 Å². The second-order valence-corrected chi connectivity index (χ2v) is 9.67. The third kappa shape index (κ3) is 6.11. The van der Waals surface area contributed by atoms with Gasteiger partial charge in [0.05, 0.1) is 6.04 Å². The largest absolute Gasteiger partial charge is 0.491 e. The molecule has 0 N–H and O–H groups in total. The number of hydrogen-bond acceptors (Lipinski definition) is 3. The average molecular weight is 486 g/mol. The first-order chi connectivity index (χ1) is 17.5. The van der Waals surface area contributed by atoms with E-state index in [-0.39, 0.29) is 18.4 Å². The minimum Gasteiger partial charge on any atom is -0.491 e. The molecule has 1 atom stereocenters. The molecule has 36 heavy (non-hydrogen) atoms. The van der Waals surface area contributed by atoms with E-state index in [0.717, 1.165) is 48.1 Å². The standard InChI is InChI=1S/C32H36FNO2/c1-23-20-29(22-34-18-8-7-14-31(34)25(3)35)32(36-19-17-33)21-28(23)16-15-26-12-9-13-30(24(26)2)27-10-5-4-6-11-27/h4-6,9-13,15-16,20-21,31H,7-8,14,17-19,22H2,1-3H3/b16-15+/t31-/m0/s1. The quantitative estimate of drug-likeness (QED) is 0.295. The highest BCUT2D eigenvalue weighted by atomic mass is 19.1. The Balaban J connectivity index is 1.63. The summed E-state index contributed by atoms with van der Waals surface area (Å²) >= 11 is 0. The monoisotopic (exact) mass is 485 g/mol. The summed E-state index contributed by atoms with van der Waals surface area (Å²) in [6, 6.07) is 20.9. The van der Waals surface area contributed by atoms with Crippen molar-refractivity contribution in [3.8, 4) is 16.9 Å². The Morgan fingerprint density at radius 2 is 1.81 bits per heavy atom. The minimum absolute atomic E-state index is 0.0214. The highest BCUT2D eigenvalue weighted by Crippen LogP contribution is 2.31. The van der Waals surface area contributed by atoms with Crippen molar-refractivity contribution in [2.45, 2.75) is 52.6 Å². The van der Waals surface area contributed by atoms with Crippen molar-refractivity contribution in [3.05, 3.63) is 88.5 Å². The van der Waals surface area contributed by atoms with Crippen molar-refractivity contribution < 1.29 is 13.9 Å². The van der Waals surface area contributed by atoms with E-state index < -0.39 is 6.67 Å². The lowest BCUT2D eigenvalue weighted by molar-refractivity contribution is -0.123. The Bertz CT molecular complexity index is 1220. The number of carbonyl (C=O) groups is 1. The fourth-order valence-corrected chi connectivity index (χ4v) is 5.15. The lowest BCUT2D eigenvalue weighted by Gasteiger charge is -2.34. The number of aryl methyl sites for hydroxylation is 1. The van der Waals surface area contributed by atoms with Gasteiger partial charge in [0.1, 0.15) is 24.8 Å². The summed E-state index contributed by atoms with van der Waals surface area (Å²) < 4.78 is 18.9. The van der Waals surface area contributed by atoms with Gasteiger partial charge in [0, 0.05) is 12.1 Å². The zero-order chi connectivity index (χ0) is 25.5. The van der Waals surface area contributed by atoms with E-state index in [0.29, 0.717) is 12.3 Å². The molecule has 4 rings (SSSR count). The zero-order valence-corrected chi connectivity index (χ0v) is 21.6. The van der Waals surface area contributed by atoms with Gasteiger partial charge in [-0.15, -0.1) is 0 Å². The smallest absolute Gasteiger partial charge is 0.146 e. The van der Waals surface area contributed by atoms with Crippen molar-refractivity contribution >= 4 is 17.9 Å². The van der Waals surface area contributed by atoms with Crippen LogP contribution in [0.15, 0.2) is 60.7 Å². The molecule has 4 heteroatoms. The van der Waals surface area contributed by atoms with Crippen LogP contribution in [0, 0.1) is 13.8 Å². The molecule has 1 saturated heterocycles. The number of hydrogen-bond donors (Lipinski definition) is 0. The van der Waals surface area contributed by atoms with Gasteiger partial charge < -0.3 is 4.74 Å². The van der Waals surface area contributed by atoms with E-state index >= 15 is 0 Å². The number of Topliss-reactive ketones (excluding diaryl/α,β-unsaturated/α-hetero) is 1. The number of piperidine rings is 1. The van der Waals surface area contributed by atoms with Gasteiger partial charge in [-0.05, 0) is 79.6 Å². The number of benzene rings is 3. The van der Waals surface area contributed by atoms with Gasteiger partial charge in [-0.25, -0.2) is 4.39 Å². The second-order valence-electron chi connectivity index (χ2n) is 9.67. The first-order valence-corrected chi connectivity index (χ1v) is 12.9. The van der Waals surface area contributed by atoms with Crippen LogP contribution < -0.4 is 4.74 Å². The minimum atomic E-state index is -0.538. The number of rotatable bonds is 9. The third-order valence-corrected chi connectivity index (χ3v) is 7.14. The summed E-state index contributed by atoms with van der Waals surface area (Å²) in [5.41, 5.74) is 7.98. The molecule has 188 valence electrons. The number of alkyl halides is 1. The van der Waals surface area contributed by atoms with Crippen LogP contribution in [-0.4, -0.2) is 36.6 Å². The maximum Gasteiger partial charge on any atom is 0.146 e. The van der Waals surface area contributed by atoms with E-state index in [1.54, 1.807) is 6.92 Å². The van der Waals surface area contributed by atoms with Crippen LogP contribution in [0.1, 0.15) is 54.0 Å². The zero-order valence-electron chi connectivity index (χ0n) is 21.6. The van der Waals surface area contributed by atoms with Crippen LogP contribution in [0.4, 0.5) is 4.39 Å². The fourth-order valence-electron chi connectivity index (χ4n) is 5.15. The Morgan fingerprint density at radius 3 is 2.56 bits per heavy atom. The van der Waals surface area contributed by atoms with Gasteiger partial charge in [0.2, 0.25) is 0 Å². The van der Waals surface area contributed by atoms with E-state index in [9.17, 15) is 9.18 Å². The normalized spacial score (nSPS) is 16.4. The molecule has 0 unspecified atom stereocenters. The molecule has 0 aromatic heterocycles. The maximum atomic E-state index is 13.0. The highest BCUT2D eigenvalue weighted by Gasteiger charge is 2.27. The molecule has 3 aromatic rings. The van der Waals surface area contributed by atoms with Gasteiger partial charge in [-0.3, -0.25) is 9.69 Å². The SMILES string of the molecule is CC(=O)[C@@H]1CCCCN1Cc1cc(C)c(/C=C/c2cccc(-c3ccccc3)c2C)cc1OCCF. The van der Waals surface area contributed by atoms with Crippen LogP contribution in [0.3, 0.4) is 0 Å². The molecule has 0 spiro atoms. The topological polar surface area (TPSA) is 29.5 Å². The molecule has 1 aliphatic heterocycles. The molecule has 0 saturated carbocycles. The van der Waals surface area contributed by atoms with Gasteiger partial charge in [0.25, 0.3) is 0 Å². The molecule has 0 aliphatic carbocycles. The van der Waals surface area contributed by atoms with Crippen LogP contribution in [-0.2, 0) is 11.3 Å². The molecule has 1 heterocycles. The molecule has 0 amide bonds. The number of likely N-dealkylation sites (tertiary alicyclic amines) is 1. The lowest BCUT2D eigenvalue weighted by atomic mass is 9.95. The van der Waals surface area contributed by atoms with Gasteiger partial charge in [-0.1, -0.05) is 73.2 Å². The van der Waals surface area contributed by atoms with Gasteiger partial charge in [-0.2, -0.15) is 0 Å². The number of ether oxygens (including phenoxy) is 1. The predicted molar refractivity (Wildman–Crippen MR) is 147 cm³/mol. The highest BCUT2D eigenvalue weighted by molar-refractivity contribution is 5.81. The molecule has 0 radical (unpaired) electrons. The summed E-state index contributed by atoms with van der Waals surface area (Å²) in [7, 11) is 0. The van der Waals surface area contributed by atoms with Crippen molar-refractivity contribution in [1.82, 2.24) is 4.90 Å². The first kappa shape index (κ1) is 25.8. The average Bonchev–Trinajstić information content (AvgIpc) is 2.89. The van der Waals surface area contributed by atoms with E-state index in [4.69, 9.17) is 4.74 Å². The van der Waals surface area contributed by atoms with E-state index in [1.165, 1.54) is 16.7 Å². The Morgan fingerprint density at radius 1 is 1.03 bits per heavy atom. The molecular weight excluding hydrogens is 449 g/mol. The Labute approximate surface area is 214 Å². The van der Waals surface area contributed by atoms with E-state index in [1.807, 2.05) is 12.1 Å². The summed E-state index contributed by atoms with van der Waals surface area (Å²) in [6.07, 6.45) is 7.32. The van der Waals surface area contributed by atoms with Crippen molar-refractivity contribution in [3.63, 3.8) is 0 Å². The number of halogens is 1. The fraction of sp³-hybridized carbons (Fsp3) is 0.344. The maximum absolute atomic E-state index is 13.0. The third-order valence-electron chi connectivity index (χ3n) is 7.14. The van der Waals surface area contributed by atoms with Gasteiger partial charge >= 0.3 is 0 Å². The predicted octanol–water partition coefficient (Wildman–Crippen LogP) is 7.43. The summed E-state index contributed by atoms with van der Waals surface area (Å²) in [5, 5.41) is 0. The summed E-state index contributed by atoms with van der Waals surface area (Å²) in [4.78, 5) is 14.5. The van der Waals surface area contributed by atoms with E-state index in [2.05, 4.69) is 79.4 Å². The molecule has 3 aromatic carbocycles. The second kappa shape index (κ2) is 12.1. The Hall–Kier alpha value is -3.24. The number of carbonyl (C=O) groups excluding carboxylic acids is 1. The molecular formula is C32H36FNO2. The summed E-state index contributed by atoms with van der Waals surface area (Å²) in [5.74, 6) is 0.908. The molecule has 3 nitrogen and oxygen atoms in total. The molecule has 1 fully saturated rings. The van der Waals surface area contributed by atoms with Crippen LogP contribution in [0.2, 0.25) is 0 Å². The van der Waals surface area contributed by atoms with Crippen molar-refractivity contribution in [1.29, 1.82) is 0 Å². The number of nitrogens with zero attached hydrogens (tertiary/aromatic N) is 1. The van der Waals surface area contributed by atoms with Crippen LogP contribution >= 0.6 is 0 Å². The lowest BCUT2D eigenvalue weighted by Crippen LogP contribution is -2.43.